The minimum Gasteiger partial charge on any atom is -0.455 e. The van der Waals surface area contributed by atoms with Gasteiger partial charge in [0, 0.05) is 45.4 Å². The maximum absolute atomic E-state index is 6.52. The number of benzene rings is 7. The van der Waals surface area contributed by atoms with Crippen molar-refractivity contribution in [1.82, 2.24) is 14.5 Å². The molecule has 3 heterocycles. The molecule has 4 heteroatoms. The largest absolute Gasteiger partial charge is 0.455 e. The lowest BCUT2D eigenvalue weighted by Gasteiger charge is -2.09. The maximum atomic E-state index is 6.52. The average Bonchev–Trinajstić information content (AvgIpc) is 3.74. The van der Waals surface area contributed by atoms with Crippen LogP contribution in [0, 0.1) is 0 Å². The van der Waals surface area contributed by atoms with Gasteiger partial charge in [0.1, 0.15) is 11.2 Å². The van der Waals surface area contributed by atoms with Crippen LogP contribution in [0.3, 0.4) is 0 Å². The molecule has 3 aromatic heterocycles. The molecule has 50 heavy (non-hydrogen) atoms. The van der Waals surface area contributed by atoms with Gasteiger partial charge in [0.25, 0.3) is 0 Å². The second-order valence-corrected chi connectivity index (χ2v) is 12.7. The highest BCUT2D eigenvalue weighted by atomic mass is 16.3. The summed E-state index contributed by atoms with van der Waals surface area (Å²) in [5, 5.41) is 4.48. The zero-order valence-corrected chi connectivity index (χ0v) is 27.0. The molecule has 0 saturated carbocycles. The van der Waals surface area contributed by atoms with Gasteiger partial charge in [0.2, 0.25) is 0 Å². The first kappa shape index (κ1) is 28.3. The van der Waals surface area contributed by atoms with E-state index in [-0.39, 0.29) is 0 Å². The predicted octanol–water partition coefficient (Wildman–Crippen LogP) is 12.1. The van der Waals surface area contributed by atoms with Crippen LogP contribution in [0.1, 0.15) is 0 Å². The Labute approximate surface area is 288 Å². The molecule has 0 amide bonds. The zero-order chi connectivity index (χ0) is 33.0. The standard InChI is InChI=1S/C46H29N3O/c1-3-10-30(11-4-1)31-18-20-32(21-19-31)33-12-9-13-34(26-33)36-28-47-46(48-29-36)35-22-23-40-42(27-35)49(37-14-5-2-6-15-37)41-25-24-39-38-16-7-8-17-43(38)50-45(39)44(40)41/h1-29H. The van der Waals surface area contributed by atoms with Crippen LogP contribution in [0.5, 0.6) is 0 Å². The highest BCUT2D eigenvalue weighted by Gasteiger charge is 2.19. The first-order valence-electron chi connectivity index (χ1n) is 16.8. The molecule has 0 aliphatic rings. The van der Waals surface area contributed by atoms with Gasteiger partial charge in [-0.2, -0.15) is 0 Å². The first-order chi connectivity index (χ1) is 24.8. The normalized spacial score (nSPS) is 11.6. The van der Waals surface area contributed by atoms with Gasteiger partial charge in [-0.3, -0.25) is 0 Å². The third kappa shape index (κ3) is 4.61. The average molecular weight is 640 g/mol. The predicted molar refractivity (Wildman–Crippen MR) is 205 cm³/mol. The van der Waals surface area contributed by atoms with Crippen molar-refractivity contribution < 1.29 is 4.42 Å². The van der Waals surface area contributed by atoms with E-state index >= 15 is 0 Å². The Morgan fingerprint density at radius 3 is 1.78 bits per heavy atom. The monoisotopic (exact) mass is 639 g/mol. The van der Waals surface area contributed by atoms with Gasteiger partial charge < -0.3 is 8.98 Å². The first-order valence-corrected chi connectivity index (χ1v) is 16.8. The molecule has 0 saturated heterocycles. The molecular weight excluding hydrogens is 611 g/mol. The van der Waals surface area contributed by atoms with Crippen LogP contribution in [-0.4, -0.2) is 14.5 Å². The lowest BCUT2D eigenvalue weighted by atomic mass is 9.98. The summed E-state index contributed by atoms with van der Waals surface area (Å²) in [7, 11) is 0. The van der Waals surface area contributed by atoms with Crippen molar-refractivity contribution >= 4 is 43.7 Å². The van der Waals surface area contributed by atoms with E-state index in [1.807, 2.05) is 36.7 Å². The van der Waals surface area contributed by atoms with Crippen LogP contribution in [0.25, 0.3) is 94.2 Å². The van der Waals surface area contributed by atoms with Crippen LogP contribution in [-0.2, 0) is 0 Å². The molecule has 0 atom stereocenters. The van der Waals surface area contributed by atoms with Crippen molar-refractivity contribution in [3.8, 4) is 50.5 Å². The van der Waals surface area contributed by atoms with Crippen molar-refractivity contribution in [2.24, 2.45) is 0 Å². The quantitative estimate of drug-likeness (QED) is 0.188. The van der Waals surface area contributed by atoms with Crippen LogP contribution in [0.15, 0.2) is 181 Å². The number of nitrogens with zero attached hydrogens (tertiary/aromatic N) is 3. The Balaban J connectivity index is 1.04. The second-order valence-electron chi connectivity index (χ2n) is 12.7. The summed E-state index contributed by atoms with van der Waals surface area (Å²) in [6, 6.07) is 57.4. The maximum Gasteiger partial charge on any atom is 0.159 e. The Hall–Kier alpha value is -6.78. The number of para-hydroxylation sites is 2. The Kier molecular flexibility index (Phi) is 6.46. The number of fused-ring (bicyclic) bond motifs is 7. The van der Waals surface area contributed by atoms with Crippen LogP contribution in [0.2, 0.25) is 0 Å². The molecule has 0 aliphatic heterocycles. The fourth-order valence-corrected chi connectivity index (χ4v) is 7.27. The summed E-state index contributed by atoms with van der Waals surface area (Å²) < 4.78 is 8.83. The third-order valence-electron chi connectivity index (χ3n) is 9.72. The fourth-order valence-electron chi connectivity index (χ4n) is 7.27. The fraction of sp³-hybridized carbons (Fsp3) is 0. The second kappa shape index (κ2) is 11.4. The molecule has 0 N–H and O–H groups in total. The van der Waals surface area contributed by atoms with E-state index in [1.54, 1.807) is 0 Å². The van der Waals surface area contributed by atoms with Crippen molar-refractivity contribution in [3.63, 3.8) is 0 Å². The summed E-state index contributed by atoms with van der Waals surface area (Å²) in [4.78, 5) is 9.75. The van der Waals surface area contributed by atoms with Crippen LogP contribution < -0.4 is 0 Å². The SMILES string of the molecule is c1ccc(-c2ccc(-c3cccc(-c4cnc(-c5ccc6c7c8oc9ccccc9c8ccc7n(-c7ccccc7)c6c5)nc4)c3)cc2)cc1. The topological polar surface area (TPSA) is 43.9 Å². The summed E-state index contributed by atoms with van der Waals surface area (Å²) >= 11 is 0. The molecule has 10 rings (SSSR count). The highest BCUT2D eigenvalue weighted by Crippen LogP contribution is 2.41. The summed E-state index contributed by atoms with van der Waals surface area (Å²) in [6.45, 7) is 0. The molecule has 10 aromatic rings. The van der Waals surface area contributed by atoms with E-state index in [4.69, 9.17) is 14.4 Å². The number of hydrogen-bond donors (Lipinski definition) is 0. The Bertz CT molecular complexity index is 2830. The molecule has 0 bridgehead atoms. The molecule has 234 valence electrons. The highest BCUT2D eigenvalue weighted by molar-refractivity contribution is 6.24. The van der Waals surface area contributed by atoms with Gasteiger partial charge in [0.05, 0.1) is 16.4 Å². The van der Waals surface area contributed by atoms with Gasteiger partial charge in [-0.1, -0.05) is 121 Å². The molecule has 0 unspecified atom stereocenters. The van der Waals surface area contributed by atoms with E-state index < -0.39 is 0 Å². The summed E-state index contributed by atoms with van der Waals surface area (Å²) in [5.41, 5.74) is 12.8. The van der Waals surface area contributed by atoms with E-state index in [0.717, 1.165) is 71.7 Å². The number of aromatic nitrogens is 3. The Morgan fingerprint density at radius 1 is 0.400 bits per heavy atom. The van der Waals surface area contributed by atoms with Crippen molar-refractivity contribution in [2.75, 3.05) is 0 Å². The lowest BCUT2D eigenvalue weighted by molar-refractivity contribution is 0.673. The van der Waals surface area contributed by atoms with Gasteiger partial charge >= 0.3 is 0 Å². The van der Waals surface area contributed by atoms with E-state index in [2.05, 4.69) is 144 Å². The van der Waals surface area contributed by atoms with Gasteiger partial charge in [-0.25, -0.2) is 9.97 Å². The van der Waals surface area contributed by atoms with Crippen LogP contribution >= 0.6 is 0 Å². The van der Waals surface area contributed by atoms with E-state index in [0.29, 0.717) is 5.82 Å². The van der Waals surface area contributed by atoms with Gasteiger partial charge in [-0.05, 0) is 70.3 Å². The molecule has 0 radical (unpaired) electrons. The van der Waals surface area contributed by atoms with E-state index in [1.165, 1.54) is 16.7 Å². The number of hydrogen-bond acceptors (Lipinski definition) is 3. The molecule has 7 aromatic carbocycles. The third-order valence-corrected chi connectivity index (χ3v) is 9.72. The minimum atomic E-state index is 0.682. The van der Waals surface area contributed by atoms with Crippen LogP contribution in [0.4, 0.5) is 0 Å². The number of furan rings is 1. The van der Waals surface area contributed by atoms with Crippen molar-refractivity contribution in [3.05, 3.63) is 176 Å². The molecule has 4 nitrogen and oxygen atoms in total. The smallest absolute Gasteiger partial charge is 0.159 e. The zero-order valence-electron chi connectivity index (χ0n) is 27.0. The van der Waals surface area contributed by atoms with E-state index in [9.17, 15) is 0 Å². The summed E-state index contributed by atoms with van der Waals surface area (Å²) in [5.74, 6) is 0.682. The molecular formula is C46H29N3O. The molecule has 0 spiro atoms. The van der Waals surface area contributed by atoms with Crippen molar-refractivity contribution in [2.45, 2.75) is 0 Å². The summed E-state index contributed by atoms with van der Waals surface area (Å²) in [6.07, 6.45) is 3.85. The Morgan fingerprint density at radius 2 is 1.00 bits per heavy atom. The molecule has 0 fully saturated rings. The van der Waals surface area contributed by atoms with Gasteiger partial charge in [-0.15, -0.1) is 0 Å². The van der Waals surface area contributed by atoms with Crippen molar-refractivity contribution in [1.29, 1.82) is 0 Å². The minimum absolute atomic E-state index is 0.682. The lowest BCUT2D eigenvalue weighted by Crippen LogP contribution is -1.94. The number of rotatable bonds is 5. The van der Waals surface area contributed by atoms with Gasteiger partial charge in [0.15, 0.2) is 5.82 Å². The molecule has 0 aliphatic carbocycles.